The number of benzene rings is 2. The molecule has 3 aromatic rings. The summed E-state index contributed by atoms with van der Waals surface area (Å²) in [6.45, 7) is 1.31. The molecule has 0 aliphatic heterocycles. The summed E-state index contributed by atoms with van der Waals surface area (Å²) in [6.07, 6.45) is 2.84. The third kappa shape index (κ3) is 5.34. The van der Waals surface area contributed by atoms with Crippen LogP contribution in [-0.4, -0.2) is 39.3 Å². The van der Waals surface area contributed by atoms with Crippen LogP contribution in [0.2, 0.25) is 0 Å². The van der Waals surface area contributed by atoms with Gasteiger partial charge in [0.2, 0.25) is 0 Å². The molecule has 1 saturated carbocycles. The second-order valence-corrected chi connectivity index (χ2v) is 8.89. The normalized spacial score (nSPS) is 14.7. The van der Waals surface area contributed by atoms with E-state index in [1.807, 2.05) is 24.3 Å². The van der Waals surface area contributed by atoms with Crippen molar-refractivity contribution in [2.75, 3.05) is 6.54 Å². The maximum atomic E-state index is 13.2. The number of aliphatic carboxylic acids is 1. The summed E-state index contributed by atoms with van der Waals surface area (Å²) in [4.78, 5) is 54.6. The van der Waals surface area contributed by atoms with E-state index in [1.165, 1.54) is 19.1 Å². The van der Waals surface area contributed by atoms with E-state index in [-0.39, 0.29) is 41.4 Å². The Morgan fingerprint density at radius 3 is 2.23 bits per heavy atom. The lowest BCUT2D eigenvalue weighted by atomic mass is 9.88. The Bertz CT molecular complexity index is 1330. The largest absolute Gasteiger partial charge is 0.481 e. The Hall–Kier alpha value is -4.14. The fraction of sp³-hybridized carbons (Fsp3) is 0.269. The van der Waals surface area contributed by atoms with Crippen LogP contribution in [0.4, 0.5) is 4.39 Å². The second-order valence-electron chi connectivity index (χ2n) is 8.89. The van der Waals surface area contributed by atoms with Crippen LogP contribution in [0, 0.1) is 11.7 Å². The van der Waals surface area contributed by atoms with E-state index in [0.29, 0.717) is 0 Å². The van der Waals surface area contributed by atoms with Crippen molar-refractivity contribution in [2.45, 2.75) is 31.6 Å². The number of H-pyrrole nitrogens is 1. The maximum absolute atomic E-state index is 13.2. The number of halogens is 1. The second kappa shape index (κ2) is 9.61. The zero-order valence-electron chi connectivity index (χ0n) is 19.0. The van der Waals surface area contributed by atoms with E-state index in [4.69, 9.17) is 5.11 Å². The van der Waals surface area contributed by atoms with Crippen LogP contribution in [0.25, 0.3) is 11.1 Å². The summed E-state index contributed by atoms with van der Waals surface area (Å²) >= 11 is 0. The lowest BCUT2D eigenvalue weighted by Crippen LogP contribution is -2.34. The molecule has 1 aromatic heterocycles. The van der Waals surface area contributed by atoms with E-state index in [1.54, 1.807) is 12.1 Å². The van der Waals surface area contributed by atoms with Crippen molar-refractivity contribution in [1.29, 1.82) is 0 Å². The SMILES string of the molecule is CC(CNC(=O)c1ncc(C(=O)CC2(c3ccc(-c4ccc(F)cc4)cc3)CC2)c(=O)[nH]1)C(=O)O. The van der Waals surface area contributed by atoms with Crippen molar-refractivity contribution in [3.8, 4) is 11.1 Å². The van der Waals surface area contributed by atoms with Gasteiger partial charge < -0.3 is 15.4 Å². The Balaban J connectivity index is 1.43. The molecule has 8 nitrogen and oxygen atoms in total. The third-order valence-electron chi connectivity index (χ3n) is 6.33. The number of amides is 1. The van der Waals surface area contributed by atoms with Crippen molar-refractivity contribution in [2.24, 2.45) is 5.92 Å². The van der Waals surface area contributed by atoms with E-state index in [2.05, 4.69) is 15.3 Å². The third-order valence-corrected chi connectivity index (χ3v) is 6.33. The lowest BCUT2D eigenvalue weighted by molar-refractivity contribution is -0.140. The molecule has 0 bridgehead atoms. The summed E-state index contributed by atoms with van der Waals surface area (Å²) in [5.74, 6) is -3.55. The van der Waals surface area contributed by atoms with Crippen LogP contribution in [0.1, 0.15) is 52.7 Å². The maximum Gasteiger partial charge on any atom is 0.308 e. The number of aromatic nitrogens is 2. The number of hydrogen-bond donors (Lipinski definition) is 3. The number of carbonyl (C=O) groups is 3. The molecule has 2 aromatic carbocycles. The average molecular weight is 477 g/mol. The fourth-order valence-corrected chi connectivity index (χ4v) is 3.91. The molecule has 1 fully saturated rings. The molecule has 0 radical (unpaired) electrons. The van der Waals surface area contributed by atoms with Gasteiger partial charge in [-0.15, -0.1) is 0 Å². The van der Waals surface area contributed by atoms with Crippen LogP contribution >= 0.6 is 0 Å². The Morgan fingerprint density at radius 2 is 1.69 bits per heavy atom. The molecule has 180 valence electrons. The zero-order valence-corrected chi connectivity index (χ0v) is 19.0. The summed E-state index contributed by atoms with van der Waals surface area (Å²) in [5, 5.41) is 11.3. The quantitative estimate of drug-likeness (QED) is 0.406. The number of carboxylic acid groups (broad SMARTS) is 1. The smallest absolute Gasteiger partial charge is 0.308 e. The highest BCUT2D eigenvalue weighted by atomic mass is 19.1. The number of aromatic amines is 1. The van der Waals surface area contributed by atoms with Crippen molar-refractivity contribution >= 4 is 17.7 Å². The van der Waals surface area contributed by atoms with Crippen LogP contribution in [0.3, 0.4) is 0 Å². The molecular formula is C26H24FN3O5. The molecule has 1 unspecified atom stereocenters. The minimum Gasteiger partial charge on any atom is -0.481 e. The van der Waals surface area contributed by atoms with Gasteiger partial charge in [0.25, 0.3) is 11.5 Å². The highest BCUT2D eigenvalue weighted by molar-refractivity contribution is 5.97. The van der Waals surface area contributed by atoms with Crippen LogP contribution in [0.15, 0.2) is 59.5 Å². The molecule has 35 heavy (non-hydrogen) atoms. The van der Waals surface area contributed by atoms with Crippen molar-refractivity contribution in [1.82, 2.24) is 15.3 Å². The van der Waals surface area contributed by atoms with Gasteiger partial charge in [0.15, 0.2) is 11.6 Å². The molecule has 3 N–H and O–H groups in total. The number of rotatable bonds is 9. The first-order valence-corrected chi connectivity index (χ1v) is 11.2. The average Bonchev–Trinajstić information content (AvgIpc) is 3.63. The molecule has 1 aliphatic carbocycles. The highest BCUT2D eigenvalue weighted by Gasteiger charge is 2.46. The minimum atomic E-state index is -1.06. The number of Topliss-reactive ketones (excluding diaryl/α,β-unsaturated/α-hetero) is 1. The van der Waals surface area contributed by atoms with Gasteiger partial charge in [-0.3, -0.25) is 19.2 Å². The van der Waals surface area contributed by atoms with Crippen LogP contribution < -0.4 is 10.9 Å². The topological polar surface area (TPSA) is 129 Å². The van der Waals surface area contributed by atoms with Crippen molar-refractivity contribution in [3.05, 3.63) is 87.9 Å². The number of nitrogens with one attached hydrogen (secondary N) is 2. The van der Waals surface area contributed by atoms with Gasteiger partial charge in [-0.2, -0.15) is 0 Å². The number of ketones is 1. The summed E-state index contributed by atoms with van der Waals surface area (Å²) in [5.41, 5.74) is 1.61. The Labute approximate surface area is 200 Å². The van der Waals surface area contributed by atoms with E-state index >= 15 is 0 Å². The fourth-order valence-electron chi connectivity index (χ4n) is 3.91. The lowest BCUT2D eigenvalue weighted by Gasteiger charge is -2.15. The highest BCUT2D eigenvalue weighted by Crippen LogP contribution is 2.51. The minimum absolute atomic E-state index is 0.124. The predicted molar refractivity (Wildman–Crippen MR) is 126 cm³/mol. The number of carboxylic acids is 1. The molecule has 1 amide bonds. The first-order chi connectivity index (χ1) is 16.7. The zero-order chi connectivity index (χ0) is 25.2. The van der Waals surface area contributed by atoms with E-state index < -0.39 is 23.4 Å². The van der Waals surface area contributed by atoms with Crippen LogP contribution in [0.5, 0.6) is 0 Å². The van der Waals surface area contributed by atoms with Gasteiger partial charge in [0.05, 0.1) is 5.92 Å². The first kappa shape index (κ1) is 24.0. The van der Waals surface area contributed by atoms with Crippen LogP contribution in [-0.2, 0) is 10.2 Å². The molecule has 1 aliphatic rings. The van der Waals surface area contributed by atoms with Gasteiger partial charge in [0.1, 0.15) is 11.4 Å². The number of nitrogens with zero attached hydrogens (tertiary/aromatic N) is 1. The molecule has 1 heterocycles. The summed E-state index contributed by atoms with van der Waals surface area (Å²) in [6, 6.07) is 14.0. The number of hydrogen-bond acceptors (Lipinski definition) is 5. The Morgan fingerprint density at radius 1 is 1.09 bits per heavy atom. The molecule has 0 saturated heterocycles. The number of carbonyl (C=O) groups excluding carboxylic acids is 2. The van der Waals surface area contributed by atoms with Crippen molar-refractivity contribution < 1.29 is 23.9 Å². The van der Waals surface area contributed by atoms with Gasteiger partial charge in [-0.1, -0.05) is 43.3 Å². The Kier molecular flexibility index (Phi) is 6.59. The standard InChI is InChI=1S/C26H24FN3O5/c1-15(25(34)35)13-29-24(33)22-28-14-20(23(32)30-22)21(31)12-26(10-11-26)18-6-2-16(3-7-18)17-4-8-19(27)9-5-17/h2-9,14-15H,10-13H2,1H3,(H,29,33)(H,34,35)(H,28,30,32). The van der Waals surface area contributed by atoms with E-state index in [9.17, 15) is 23.6 Å². The van der Waals surface area contributed by atoms with Gasteiger partial charge in [-0.25, -0.2) is 9.37 Å². The van der Waals surface area contributed by atoms with Crippen molar-refractivity contribution in [3.63, 3.8) is 0 Å². The van der Waals surface area contributed by atoms with Gasteiger partial charge >= 0.3 is 5.97 Å². The van der Waals surface area contributed by atoms with Gasteiger partial charge in [0, 0.05) is 24.6 Å². The molecular weight excluding hydrogens is 453 g/mol. The monoisotopic (exact) mass is 477 g/mol. The summed E-state index contributed by atoms with van der Waals surface area (Å²) in [7, 11) is 0. The molecule has 0 spiro atoms. The molecule has 4 rings (SSSR count). The molecule has 1 atom stereocenters. The molecule has 9 heteroatoms. The van der Waals surface area contributed by atoms with Gasteiger partial charge in [-0.05, 0) is 41.7 Å². The predicted octanol–water partition coefficient (Wildman–Crippen LogP) is 3.33. The summed E-state index contributed by atoms with van der Waals surface area (Å²) < 4.78 is 13.2. The first-order valence-electron chi connectivity index (χ1n) is 11.2. The van der Waals surface area contributed by atoms with E-state index in [0.717, 1.165) is 35.7 Å².